The lowest BCUT2D eigenvalue weighted by Crippen LogP contribution is -2.46. The largest absolute Gasteiger partial charge is 0.339 e. The minimum atomic E-state index is -3.90. The molecule has 1 aliphatic heterocycles. The zero-order valence-electron chi connectivity index (χ0n) is 17.1. The highest BCUT2D eigenvalue weighted by Crippen LogP contribution is 2.20. The third kappa shape index (κ3) is 5.26. The smallest absolute Gasteiger partial charge is 0.263 e. The maximum Gasteiger partial charge on any atom is 0.263 e. The zero-order chi connectivity index (χ0) is 21.7. The molecule has 30 heavy (non-hydrogen) atoms. The number of hydrogen-bond donors (Lipinski definition) is 0. The van der Waals surface area contributed by atoms with Crippen LogP contribution in [0.1, 0.15) is 32.6 Å². The molecule has 0 aliphatic carbocycles. The molecule has 1 atom stereocenters. The minimum absolute atomic E-state index is 0.0817. The number of aromatic nitrogens is 1. The van der Waals surface area contributed by atoms with Gasteiger partial charge in [0.05, 0.1) is 10.2 Å². The van der Waals surface area contributed by atoms with Gasteiger partial charge in [-0.05, 0) is 37.8 Å². The molecular weight excluding hydrogens is 422 g/mol. The lowest BCUT2D eigenvalue weighted by Gasteiger charge is -2.35. The molecule has 0 saturated carbocycles. The van der Waals surface area contributed by atoms with Crippen LogP contribution >= 0.6 is 11.3 Å². The van der Waals surface area contributed by atoms with Crippen molar-refractivity contribution < 1.29 is 18.0 Å². The summed E-state index contributed by atoms with van der Waals surface area (Å²) >= 11 is 1.32. The highest BCUT2D eigenvalue weighted by atomic mass is 32.2. The third-order valence-electron chi connectivity index (χ3n) is 5.23. The lowest BCUT2D eigenvalue weighted by atomic mass is 10.0. The van der Waals surface area contributed by atoms with Crippen LogP contribution in [0.25, 0.3) is 10.2 Å². The van der Waals surface area contributed by atoms with Crippen LogP contribution in [-0.2, 0) is 26.0 Å². The second-order valence-corrected chi connectivity index (χ2v) is 10.5. The fourth-order valence-corrected chi connectivity index (χ4v) is 5.96. The number of thiazole rings is 1. The number of rotatable bonds is 7. The molecule has 7 nitrogen and oxygen atoms in total. The van der Waals surface area contributed by atoms with Crippen LogP contribution in [0.2, 0.25) is 0 Å². The number of benzene rings is 1. The number of nitrogens with zero attached hydrogens (tertiary/aromatic N) is 3. The van der Waals surface area contributed by atoms with Crippen molar-refractivity contribution in [3.05, 3.63) is 41.7 Å². The Balaban J connectivity index is 1.76. The van der Waals surface area contributed by atoms with E-state index in [1.54, 1.807) is 11.0 Å². The number of carbonyl (C=O) groups is 2. The Morgan fingerprint density at radius 2 is 2.03 bits per heavy atom. The van der Waals surface area contributed by atoms with Crippen molar-refractivity contribution in [3.8, 4) is 0 Å². The molecule has 1 fully saturated rings. The summed E-state index contributed by atoms with van der Waals surface area (Å²) in [6.45, 7) is 6.76. The summed E-state index contributed by atoms with van der Waals surface area (Å²) in [6, 6.07) is 7.69. The van der Waals surface area contributed by atoms with E-state index in [1.807, 2.05) is 35.8 Å². The molecule has 2 aromatic rings. The molecule has 1 aromatic heterocycles. The van der Waals surface area contributed by atoms with E-state index in [-0.39, 0.29) is 6.04 Å². The number of hydrogen-bond acceptors (Lipinski definition) is 5. The Kier molecular flexibility index (Phi) is 7.25. The molecule has 1 saturated heterocycles. The fraction of sp³-hybridized carbons (Fsp3) is 0.476. The van der Waals surface area contributed by atoms with Gasteiger partial charge in [0.1, 0.15) is 11.5 Å². The fourth-order valence-electron chi connectivity index (χ4n) is 3.81. The molecule has 2 amide bonds. The predicted molar refractivity (Wildman–Crippen MR) is 119 cm³/mol. The van der Waals surface area contributed by atoms with Crippen molar-refractivity contribution in [3.63, 3.8) is 0 Å². The first-order valence-corrected chi connectivity index (χ1v) is 12.7. The average molecular weight is 450 g/mol. The van der Waals surface area contributed by atoms with Gasteiger partial charge in [-0.25, -0.2) is 8.42 Å². The molecule has 1 unspecified atom stereocenters. The van der Waals surface area contributed by atoms with E-state index in [1.165, 1.54) is 11.3 Å². The minimum Gasteiger partial charge on any atom is -0.339 e. The van der Waals surface area contributed by atoms with Crippen molar-refractivity contribution in [2.45, 2.75) is 45.2 Å². The summed E-state index contributed by atoms with van der Waals surface area (Å²) < 4.78 is 27.8. The van der Waals surface area contributed by atoms with Crippen LogP contribution < -0.4 is 4.80 Å². The number of carbonyl (C=O) groups excluding carboxylic acids is 2. The van der Waals surface area contributed by atoms with E-state index in [0.29, 0.717) is 17.9 Å². The van der Waals surface area contributed by atoms with Crippen LogP contribution in [0.4, 0.5) is 0 Å². The van der Waals surface area contributed by atoms with E-state index in [9.17, 15) is 18.0 Å². The topological polar surface area (TPSA) is 88.8 Å². The second kappa shape index (κ2) is 9.70. The first kappa shape index (κ1) is 22.4. The van der Waals surface area contributed by atoms with Crippen molar-refractivity contribution in [1.82, 2.24) is 9.47 Å². The maximum atomic E-state index is 12.6. The van der Waals surface area contributed by atoms with Crippen molar-refractivity contribution in [2.24, 2.45) is 4.99 Å². The van der Waals surface area contributed by atoms with Gasteiger partial charge >= 0.3 is 0 Å². The predicted octanol–water partition coefficient (Wildman–Crippen LogP) is 2.52. The SMILES string of the molecule is C=CCn1c(=NC(=O)CS(=O)(=O)CC(=O)N2CCCCC2CC)sc2ccccc21. The Bertz CT molecular complexity index is 1110. The van der Waals surface area contributed by atoms with Gasteiger partial charge in [-0.1, -0.05) is 36.5 Å². The Morgan fingerprint density at radius 1 is 1.27 bits per heavy atom. The molecule has 0 N–H and O–H groups in total. The number of piperidine rings is 1. The van der Waals surface area contributed by atoms with Gasteiger partial charge in [-0.3, -0.25) is 9.59 Å². The molecule has 2 heterocycles. The molecule has 1 aliphatic rings. The number of para-hydroxylation sites is 1. The zero-order valence-corrected chi connectivity index (χ0v) is 18.8. The second-order valence-electron chi connectivity index (χ2n) is 7.43. The number of amides is 2. The highest BCUT2D eigenvalue weighted by molar-refractivity contribution is 7.92. The van der Waals surface area contributed by atoms with Gasteiger partial charge in [0.15, 0.2) is 14.6 Å². The number of fused-ring (bicyclic) bond motifs is 1. The van der Waals surface area contributed by atoms with Crippen LogP contribution in [0.15, 0.2) is 41.9 Å². The molecule has 0 bridgehead atoms. The Hall–Kier alpha value is -2.26. The maximum absolute atomic E-state index is 12.6. The van der Waals surface area contributed by atoms with Crippen LogP contribution in [0.5, 0.6) is 0 Å². The van der Waals surface area contributed by atoms with Crippen LogP contribution in [0, 0.1) is 0 Å². The number of sulfone groups is 1. The van der Waals surface area contributed by atoms with E-state index >= 15 is 0 Å². The average Bonchev–Trinajstić information content (AvgIpc) is 3.04. The Labute approximate surface area is 180 Å². The van der Waals surface area contributed by atoms with E-state index in [0.717, 1.165) is 35.9 Å². The summed E-state index contributed by atoms with van der Waals surface area (Å²) in [5.74, 6) is -2.61. The summed E-state index contributed by atoms with van der Waals surface area (Å²) in [4.78, 5) is 31.1. The standard InChI is InChI=1S/C21H27N3O4S2/c1-3-12-24-17-10-5-6-11-18(17)29-21(24)22-19(25)14-30(27,28)15-20(26)23-13-8-7-9-16(23)4-2/h3,5-6,10-11,16H,1,4,7-9,12-15H2,2H3. The molecule has 3 rings (SSSR count). The first-order chi connectivity index (χ1) is 14.3. The molecule has 0 spiro atoms. The molecule has 162 valence electrons. The van der Waals surface area contributed by atoms with Crippen molar-refractivity contribution >= 4 is 43.2 Å². The number of likely N-dealkylation sites (tertiary alicyclic amines) is 1. The van der Waals surface area contributed by atoms with Gasteiger partial charge in [0.2, 0.25) is 5.91 Å². The van der Waals surface area contributed by atoms with Gasteiger partial charge < -0.3 is 9.47 Å². The van der Waals surface area contributed by atoms with Gasteiger partial charge in [0, 0.05) is 19.1 Å². The quantitative estimate of drug-likeness (QED) is 0.608. The van der Waals surface area contributed by atoms with Crippen molar-refractivity contribution in [2.75, 3.05) is 18.1 Å². The van der Waals surface area contributed by atoms with Crippen LogP contribution in [-0.4, -0.2) is 53.8 Å². The van der Waals surface area contributed by atoms with Gasteiger partial charge in [0.25, 0.3) is 5.91 Å². The molecule has 9 heteroatoms. The molecular formula is C21H27N3O4S2. The summed E-state index contributed by atoms with van der Waals surface area (Å²) in [5, 5.41) is 0. The van der Waals surface area contributed by atoms with E-state index in [2.05, 4.69) is 11.6 Å². The summed E-state index contributed by atoms with van der Waals surface area (Å²) in [6.07, 6.45) is 5.32. The first-order valence-electron chi connectivity index (χ1n) is 10.1. The van der Waals surface area contributed by atoms with Crippen molar-refractivity contribution in [1.29, 1.82) is 0 Å². The Morgan fingerprint density at radius 3 is 2.77 bits per heavy atom. The number of allylic oxidation sites excluding steroid dienone is 1. The van der Waals surface area contributed by atoms with Gasteiger partial charge in [-0.15, -0.1) is 6.58 Å². The van der Waals surface area contributed by atoms with Gasteiger partial charge in [-0.2, -0.15) is 4.99 Å². The third-order valence-corrected chi connectivity index (χ3v) is 7.66. The highest BCUT2D eigenvalue weighted by Gasteiger charge is 2.29. The summed E-state index contributed by atoms with van der Waals surface area (Å²) in [7, 11) is -3.90. The van der Waals surface area contributed by atoms with E-state index < -0.39 is 33.2 Å². The normalized spacial score (nSPS) is 18.0. The van der Waals surface area contributed by atoms with Crippen LogP contribution in [0.3, 0.4) is 0 Å². The summed E-state index contributed by atoms with van der Waals surface area (Å²) in [5.41, 5.74) is 0.905. The lowest BCUT2D eigenvalue weighted by molar-refractivity contribution is -0.132. The monoisotopic (exact) mass is 449 g/mol. The molecule has 1 aromatic carbocycles. The van der Waals surface area contributed by atoms with E-state index in [4.69, 9.17) is 0 Å². The molecule has 0 radical (unpaired) electrons.